The molecule has 0 aromatic rings. The molecule has 0 rings (SSSR count). The SMILES string of the molecule is CC/C=C\C/C=C\C/C=C\CCCCCCCCCC(=O)OC(COCCCCCCCCCCCCCC/C=C\C/C=C\CCCCCCC)COP(=O)(O)OCCN. The highest BCUT2D eigenvalue weighted by Gasteiger charge is 2.25. The monoisotopic (exact) mass is 864 g/mol. The van der Waals surface area contributed by atoms with Crippen molar-refractivity contribution in [2.75, 3.05) is 33.0 Å². The summed E-state index contributed by atoms with van der Waals surface area (Å²) in [6, 6.07) is 0. The van der Waals surface area contributed by atoms with Crippen molar-refractivity contribution in [3.63, 3.8) is 0 Å². The summed E-state index contributed by atoms with van der Waals surface area (Å²) >= 11 is 0. The molecule has 60 heavy (non-hydrogen) atoms. The maximum Gasteiger partial charge on any atom is 0.472 e. The van der Waals surface area contributed by atoms with Gasteiger partial charge >= 0.3 is 13.8 Å². The maximum atomic E-state index is 12.6. The van der Waals surface area contributed by atoms with Crippen molar-refractivity contribution in [1.29, 1.82) is 0 Å². The Morgan fingerprint density at radius 1 is 0.517 bits per heavy atom. The molecule has 0 amide bonds. The summed E-state index contributed by atoms with van der Waals surface area (Å²) in [5, 5.41) is 0. The van der Waals surface area contributed by atoms with Crippen molar-refractivity contribution in [1.82, 2.24) is 0 Å². The van der Waals surface area contributed by atoms with E-state index in [1.54, 1.807) is 0 Å². The van der Waals surface area contributed by atoms with Gasteiger partial charge in [0, 0.05) is 19.6 Å². The smallest absolute Gasteiger partial charge is 0.457 e. The van der Waals surface area contributed by atoms with E-state index in [-0.39, 0.29) is 32.3 Å². The van der Waals surface area contributed by atoms with E-state index in [9.17, 15) is 14.3 Å². The van der Waals surface area contributed by atoms with Gasteiger partial charge in [-0.3, -0.25) is 13.8 Å². The van der Waals surface area contributed by atoms with Crippen LogP contribution in [0.1, 0.15) is 219 Å². The van der Waals surface area contributed by atoms with Crippen LogP contribution in [0.15, 0.2) is 60.8 Å². The molecule has 0 saturated heterocycles. The Morgan fingerprint density at radius 2 is 0.933 bits per heavy atom. The second-order valence-corrected chi connectivity index (χ2v) is 17.7. The molecule has 0 radical (unpaired) electrons. The van der Waals surface area contributed by atoms with Crippen LogP contribution < -0.4 is 5.73 Å². The van der Waals surface area contributed by atoms with Crippen LogP contribution in [0.5, 0.6) is 0 Å². The van der Waals surface area contributed by atoms with Crippen molar-refractivity contribution in [2.45, 2.75) is 225 Å². The van der Waals surface area contributed by atoms with Gasteiger partial charge in [-0.1, -0.05) is 197 Å². The van der Waals surface area contributed by atoms with E-state index in [0.29, 0.717) is 13.0 Å². The lowest BCUT2D eigenvalue weighted by atomic mass is 10.0. The van der Waals surface area contributed by atoms with E-state index in [2.05, 4.69) is 74.6 Å². The number of rotatable bonds is 47. The summed E-state index contributed by atoms with van der Waals surface area (Å²) in [5.74, 6) is -0.341. The first kappa shape index (κ1) is 58.2. The minimum atomic E-state index is -4.29. The minimum absolute atomic E-state index is 0.0964. The van der Waals surface area contributed by atoms with E-state index in [0.717, 1.165) is 64.2 Å². The Hall–Kier alpha value is -1.80. The third-order valence-electron chi connectivity index (χ3n) is 10.4. The Labute approximate surface area is 370 Å². The second-order valence-electron chi connectivity index (χ2n) is 16.3. The lowest BCUT2D eigenvalue weighted by molar-refractivity contribution is -0.154. The molecule has 0 saturated carbocycles. The number of esters is 1. The van der Waals surface area contributed by atoms with E-state index in [4.69, 9.17) is 24.3 Å². The quantitative estimate of drug-likeness (QED) is 0.0269. The van der Waals surface area contributed by atoms with Crippen LogP contribution in [0.25, 0.3) is 0 Å². The van der Waals surface area contributed by atoms with Gasteiger partial charge in [-0.25, -0.2) is 4.57 Å². The molecule has 3 N–H and O–H groups in total. The molecule has 9 heteroatoms. The Kier molecular flexibility index (Phi) is 46.8. The molecular weight excluding hydrogens is 770 g/mol. The summed E-state index contributed by atoms with van der Waals surface area (Å²) in [7, 11) is -4.29. The fraction of sp³-hybridized carbons (Fsp3) is 0.784. The topological polar surface area (TPSA) is 117 Å². The van der Waals surface area contributed by atoms with Crippen LogP contribution >= 0.6 is 7.82 Å². The van der Waals surface area contributed by atoms with Crippen LogP contribution in [-0.2, 0) is 27.9 Å². The Bertz CT molecular complexity index is 1110. The minimum Gasteiger partial charge on any atom is -0.457 e. The van der Waals surface area contributed by atoms with Gasteiger partial charge in [-0.2, -0.15) is 0 Å². The molecule has 2 unspecified atom stereocenters. The van der Waals surface area contributed by atoms with Crippen molar-refractivity contribution in [3.05, 3.63) is 60.8 Å². The van der Waals surface area contributed by atoms with Crippen molar-refractivity contribution in [3.8, 4) is 0 Å². The standard InChI is InChI=1S/C51H94NO7P/c1-3-5-7-9-11-13-15-17-19-21-22-23-24-25-26-27-29-31-33-35-37-39-41-43-46-56-48-50(49-58-60(54,55)57-47-45-52)59-51(53)44-42-40-38-36-34-32-30-28-20-18-16-14-12-10-8-6-4-2/h6,8,12,14-15,17-18,20-22,50H,3-5,7,9-11,13,16,19,23-49,52H2,1-2H3,(H,54,55)/b8-6-,14-12-,17-15-,20-18-,22-21-. The first-order chi connectivity index (χ1) is 29.4. The molecule has 0 bridgehead atoms. The summed E-state index contributed by atoms with van der Waals surface area (Å²) in [6.45, 7) is 4.80. The summed E-state index contributed by atoms with van der Waals surface area (Å²) < 4.78 is 33.5. The molecular formula is C51H94NO7P. The van der Waals surface area contributed by atoms with Gasteiger partial charge in [0.25, 0.3) is 0 Å². The normalized spacial score (nSPS) is 13.9. The largest absolute Gasteiger partial charge is 0.472 e. The van der Waals surface area contributed by atoms with Crippen LogP contribution in [0, 0.1) is 0 Å². The summed E-state index contributed by atoms with van der Waals surface area (Å²) in [6.07, 6.45) is 59.6. The van der Waals surface area contributed by atoms with Gasteiger partial charge < -0.3 is 20.1 Å². The lowest BCUT2D eigenvalue weighted by Crippen LogP contribution is -2.28. The lowest BCUT2D eigenvalue weighted by Gasteiger charge is -2.20. The second kappa shape index (κ2) is 48.2. The number of carbonyl (C=O) groups is 1. The maximum absolute atomic E-state index is 12.6. The average molecular weight is 864 g/mol. The van der Waals surface area contributed by atoms with Crippen LogP contribution in [0.3, 0.4) is 0 Å². The fourth-order valence-electron chi connectivity index (χ4n) is 6.81. The van der Waals surface area contributed by atoms with Gasteiger partial charge in [0.1, 0.15) is 6.10 Å². The highest BCUT2D eigenvalue weighted by molar-refractivity contribution is 7.47. The van der Waals surface area contributed by atoms with Crippen LogP contribution in [0.2, 0.25) is 0 Å². The molecule has 2 atom stereocenters. The summed E-state index contributed by atoms with van der Waals surface area (Å²) in [5.41, 5.74) is 5.38. The number of phosphoric ester groups is 1. The number of hydrogen-bond acceptors (Lipinski definition) is 7. The molecule has 0 heterocycles. The predicted molar refractivity (Wildman–Crippen MR) is 256 cm³/mol. The zero-order chi connectivity index (χ0) is 43.7. The molecule has 350 valence electrons. The van der Waals surface area contributed by atoms with Crippen LogP contribution in [0.4, 0.5) is 0 Å². The molecule has 0 fully saturated rings. The van der Waals surface area contributed by atoms with Gasteiger partial charge in [-0.15, -0.1) is 0 Å². The molecule has 0 aromatic carbocycles. The third kappa shape index (κ3) is 47.3. The average Bonchev–Trinajstić information content (AvgIpc) is 3.24. The number of ether oxygens (including phenoxy) is 2. The predicted octanol–water partition coefficient (Wildman–Crippen LogP) is 15.3. The molecule has 8 nitrogen and oxygen atoms in total. The third-order valence-corrected chi connectivity index (χ3v) is 11.4. The number of allylic oxidation sites excluding steroid dienone is 10. The number of unbranched alkanes of at least 4 members (excludes halogenated alkanes) is 24. The number of carbonyl (C=O) groups excluding carboxylic acids is 1. The van der Waals surface area contributed by atoms with Gasteiger partial charge in [-0.05, 0) is 77.0 Å². The Morgan fingerprint density at radius 3 is 1.40 bits per heavy atom. The number of phosphoric acid groups is 1. The van der Waals surface area contributed by atoms with Crippen molar-refractivity contribution >= 4 is 13.8 Å². The molecule has 0 aliphatic rings. The van der Waals surface area contributed by atoms with E-state index in [1.807, 2.05) is 0 Å². The van der Waals surface area contributed by atoms with E-state index in [1.165, 1.54) is 135 Å². The molecule has 0 aliphatic heterocycles. The molecule has 0 aliphatic carbocycles. The highest BCUT2D eigenvalue weighted by Crippen LogP contribution is 2.43. The number of hydrogen-bond donors (Lipinski definition) is 2. The summed E-state index contributed by atoms with van der Waals surface area (Å²) in [4.78, 5) is 22.6. The zero-order valence-electron chi connectivity index (χ0n) is 38.9. The van der Waals surface area contributed by atoms with E-state index < -0.39 is 13.9 Å². The Balaban J connectivity index is 3.95. The first-order valence-corrected chi connectivity index (χ1v) is 26.3. The molecule has 0 spiro atoms. The fourth-order valence-corrected chi connectivity index (χ4v) is 7.57. The van der Waals surface area contributed by atoms with Gasteiger partial charge in [0.15, 0.2) is 0 Å². The molecule has 0 aromatic heterocycles. The zero-order valence-corrected chi connectivity index (χ0v) is 39.8. The van der Waals surface area contributed by atoms with Gasteiger partial charge in [0.2, 0.25) is 0 Å². The van der Waals surface area contributed by atoms with Crippen LogP contribution in [-0.4, -0.2) is 49.9 Å². The van der Waals surface area contributed by atoms with Crippen molar-refractivity contribution in [2.24, 2.45) is 5.73 Å². The highest BCUT2D eigenvalue weighted by atomic mass is 31.2. The van der Waals surface area contributed by atoms with E-state index >= 15 is 0 Å². The first-order valence-electron chi connectivity index (χ1n) is 24.8. The van der Waals surface area contributed by atoms with Crippen molar-refractivity contribution < 1.29 is 32.8 Å². The van der Waals surface area contributed by atoms with Gasteiger partial charge in [0.05, 0.1) is 19.8 Å². The number of nitrogens with two attached hydrogens (primary N) is 1.